The zero-order valence-electron chi connectivity index (χ0n) is 16.4. The van der Waals surface area contributed by atoms with Crippen LogP contribution in [0.4, 0.5) is 11.4 Å². The molecule has 0 radical (unpaired) electrons. The minimum absolute atomic E-state index is 0.176. The van der Waals surface area contributed by atoms with Crippen molar-refractivity contribution in [1.29, 1.82) is 0 Å². The van der Waals surface area contributed by atoms with E-state index in [2.05, 4.69) is 21.2 Å². The number of fused-ring (bicyclic) bond motifs is 1. The summed E-state index contributed by atoms with van der Waals surface area (Å²) in [5.74, 6) is -0.288. The van der Waals surface area contributed by atoms with Gasteiger partial charge in [0, 0.05) is 22.3 Å². The number of carbonyl (C=O) groups is 1. The first-order chi connectivity index (χ1) is 14.4. The number of hydrogen-bond acceptors (Lipinski definition) is 3. The molecule has 1 aliphatic rings. The Labute approximate surface area is 184 Å². The molecule has 3 aromatic rings. The zero-order valence-corrected chi connectivity index (χ0v) is 18.8. The first kappa shape index (κ1) is 20.6. The van der Waals surface area contributed by atoms with Crippen molar-refractivity contribution >= 4 is 43.2 Å². The fourth-order valence-corrected chi connectivity index (χ4v) is 5.37. The lowest BCUT2D eigenvalue weighted by atomic mass is 10.0. The van der Waals surface area contributed by atoms with E-state index in [0.717, 1.165) is 34.1 Å². The van der Waals surface area contributed by atoms with Gasteiger partial charge in [-0.3, -0.25) is 9.10 Å². The number of hydrogen-bond donors (Lipinski definition) is 1. The van der Waals surface area contributed by atoms with Crippen molar-refractivity contribution in [2.75, 3.05) is 16.2 Å². The van der Waals surface area contributed by atoms with Crippen molar-refractivity contribution in [1.82, 2.24) is 0 Å². The first-order valence-electron chi connectivity index (χ1n) is 9.64. The van der Waals surface area contributed by atoms with E-state index in [0.29, 0.717) is 17.8 Å². The van der Waals surface area contributed by atoms with Crippen molar-refractivity contribution in [2.45, 2.75) is 24.7 Å². The summed E-state index contributed by atoms with van der Waals surface area (Å²) in [6.07, 6.45) is 1.65. The third-order valence-corrected chi connectivity index (χ3v) is 7.91. The number of nitrogens with zero attached hydrogens (tertiary/aromatic N) is 1. The van der Waals surface area contributed by atoms with Crippen LogP contribution in [0.3, 0.4) is 0 Å². The monoisotopic (exact) mass is 484 g/mol. The van der Waals surface area contributed by atoms with Crippen LogP contribution in [-0.4, -0.2) is 20.9 Å². The molecular formula is C23H21BrN2O3S. The van der Waals surface area contributed by atoms with Gasteiger partial charge in [0.15, 0.2) is 0 Å². The Kier molecular flexibility index (Phi) is 5.66. The standard InChI is InChI=1S/C23H21BrN2O3S/c1-16-15-19(10-13-21(16)24)25-23(27)18-8-11-20(12-9-18)30(28,29)26-14-4-6-17-5-2-3-7-22(17)26/h2-3,5,7-13,15H,4,6,14H2,1H3,(H,25,27). The molecule has 0 atom stereocenters. The van der Waals surface area contributed by atoms with Crippen LogP contribution >= 0.6 is 15.9 Å². The highest BCUT2D eigenvalue weighted by Gasteiger charge is 2.28. The van der Waals surface area contributed by atoms with Crippen LogP contribution in [0, 0.1) is 6.92 Å². The summed E-state index contributed by atoms with van der Waals surface area (Å²) < 4.78 is 28.9. The van der Waals surface area contributed by atoms with Crippen molar-refractivity contribution in [2.24, 2.45) is 0 Å². The number of nitrogens with one attached hydrogen (secondary N) is 1. The van der Waals surface area contributed by atoms with Gasteiger partial charge in [-0.2, -0.15) is 0 Å². The summed E-state index contributed by atoms with van der Waals surface area (Å²) in [5.41, 5.74) is 3.86. The third-order valence-electron chi connectivity index (χ3n) is 5.19. The van der Waals surface area contributed by atoms with E-state index in [1.54, 1.807) is 12.1 Å². The smallest absolute Gasteiger partial charge is 0.264 e. The molecule has 0 unspecified atom stereocenters. The molecule has 0 saturated carbocycles. The lowest BCUT2D eigenvalue weighted by Gasteiger charge is -2.30. The van der Waals surface area contributed by atoms with Crippen LogP contribution < -0.4 is 9.62 Å². The Morgan fingerprint density at radius 1 is 1.03 bits per heavy atom. The summed E-state index contributed by atoms with van der Waals surface area (Å²) in [6, 6.07) is 19.2. The van der Waals surface area contributed by atoms with E-state index in [1.807, 2.05) is 49.4 Å². The van der Waals surface area contributed by atoms with Gasteiger partial charge >= 0.3 is 0 Å². The number of carbonyl (C=O) groups excluding carboxylic acids is 1. The Balaban J connectivity index is 1.56. The molecule has 5 nitrogen and oxygen atoms in total. The molecule has 3 aromatic carbocycles. The number of benzene rings is 3. The molecule has 0 spiro atoms. The van der Waals surface area contributed by atoms with Crippen LogP contribution in [0.2, 0.25) is 0 Å². The summed E-state index contributed by atoms with van der Waals surface area (Å²) in [6.45, 7) is 2.39. The van der Waals surface area contributed by atoms with E-state index in [9.17, 15) is 13.2 Å². The highest BCUT2D eigenvalue weighted by Crippen LogP contribution is 2.31. The fourth-order valence-electron chi connectivity index (χ4n) is 3.58. The average molecular weight is 485 g/mol. The van der Waals surface area contributed by atoms with Crippen LogP contribution in [0.5, 0.6) is 0 Å². The van der Waals surface area contributed by atoms with Crippen LogP contribution in [0.1, 0.15) is 27.9 Å². The Morgan fingerprint density at radius 3 is 2.50 bits per heavy atom. The number of anilines is 2. The van der Waals surface area contributed by atoms with Crippen molar-refractivity contribution in [3.8, 4) is 0 Å². The topological polar surface area (TPSA) is 66.5 Å². The lowest BCUT2D eigenvalue weighted by Crippen LogP contribution is -2.35. The second kappa shape index (κ2) is 8.24. The van der Waals surface area contributed by atoms with E-state index >= 15 is 0 Å². The highest BCUT2D eigenvalue weighted by atomic mass is 79.9. The quantitative estimate of drug-likeness (QED) is 0.556. The number of amides is 1. The van der Waals surface area contributed by atoms with E-state index in [4.69, 9.17) is 0 Å². The van der Waals surface area contributed by atoms with E-state index < -0.39 is 10.0 Å². The highest BCUT2D eigenvalue weighted by molar-refractivity contribution is 9.10. The minimum Gasteiger partial charge on any atom is -0.322 e. The second-order valence-electron chi connectivity index (χ2n) is 7.25. The van der Waals surface area contributed by atoms with Gasteiger partial charge in [-0.1, -0.05) is 34.1 Å². The molecule has 0 bridgehead atoms. The molecular weight excluding hydrogens is 464 g/mol. The molecule has 154 valence electrons. The number of rotatable bonds is 4. The number of halogens is 1. The predicted octanol–water partition coefficient (Wildman–Crippen LogP) is 5.15. The van der Waals surface area contributed by atoms with Gasteiger partial charge in [-0.05, 0) is 79.4 Å². The lowest BCUT2D eigenvalue weighted by molar-refractivity contribution is 0.102. The molecule has 1 aliphatic heterocycles. The summed E-state index contributed by atoms with van der Waals surface area (Å²) in [7, 11) is -3.69. The normalized spacial score (nSPS) is 13.6. The van der Waals surface area contributed by atoms with Gasteiger partial charge in [0.25, 0.3) is 15.9 Å². The van der Waals surface area contributed by atoms with Gasteiger partial charge in [-0.15, -0.1) is 0 Å². The van der Waals surface area contributed by atoms with Gasteiger partial charge in [0.1, 0.15) is 0 Å². The van der Waals surface area contributed by atoms with E-state index in [-0.39, 0.29) is 10.8 Å². The van der Waals surface area contributed by atoms with Gasteiger partial charge < -0.3 is 5.32 Å². The Bertz CT molecular complexity index is 1210. The number of aryl methyl sites for hydroxylation is 2. The summed E-state index contributed by atoms with van der Waals surface area (Å²) in [4.78, 5) is 12.7. The second-order valence-corrected chi connectivity index (χ2v) is 9.97. The molecule has 0 fully saturated rings. The maximum Gasteiger partial charge on any atom is 0.264 e. The van der Waals surface area contributed by atoms with Crippen LogP contribution in [-0.2, 0) is 16.4 Å². The molecule has 30 heavy (non-hydrogen) atoms. The average Bonchev–Trinajstić information content (AvgIpc) is 2.76. The molecule has 4 rings (SSSR count). The molecule has 0 aliphatic carbocycles. The van der Waals surface area contributed by atoms with Crippen molar-refractivity contribution in [3.63, 3.8) is 0 Å². The Morgan fingerprint density at radius 2 is 1.77 bits per heavy atom. The molecule has 1 amide bonds. The molecule has 0 aromatic heterocycles. The largest absolute Gasteiger partial charge is 0.322 e. The van der Waals surface area contributed by atoms with Crippen molar-refractivity contribution < 1.29 is 13.2 Å². The maximum atomic E-state index is 13.2. The molecule has 1 heterocycles. The van der Waals surface area contributed by atoms with Crippen LogP contribution in [0.25, 0.3) is 0 Å². The number of para-hydroxylation sites is 1. The van der Waals surface area contributed by atoms with Gasteiger partial charge in [0.05, 0.1) is 10.6 Å². The van der Waals surface area contributed by atoms with Crippen molar-refractivity contribution in [3.05, 3.63) is 87.9 Å². The molecule has 1 N–H and O–H groups in total. The summed E-state index contributed by atoms with van der Waals surface area (Å²) >= 11 is 3.44. The maximum absolute atomic E-state index is 13.2. The SMILES string of the molecule is Cc1cc(NC(=O)c2ccc(S(=O)(=O)N3CCCc4ccccc43)cc2)ccc1Br. The first-order valence-corrected chi connectivity index (χ1v) is 11.9. The summed E-state index contributed by atoms with van der Waals surface area (Å²) in [5, 5.41) is 2.84. The van der Waals surface area contributed by atoms with E-state index in [1.165, 1.54) is 16.4 Å². The van der Waals surface area contributed by atoms with Gasteiger partial charge in [0.2, 0.25) is 0 Å². The minimum atomic E-state index is -3.69. The van der Waals surface area contributed by atoms with Gasteiger partial charge in [-0.25, -0.2) is 8.42 Å². The number of sulfonamides is 1. The zero-order chi connectivity index (χ0) is 21.3. The third kappa shape index (κ3) is 4.00. The van der Waals surface area contributed by atoms with Crippen LogP contribution in [0.15, 0.2) is 76.1 Å². The fraction of sp³-hybridized carbons (Fsp3) is 0.174. The molecule has 7 heteroatoms. The molecule has 0 saturated heterocycles. The Hall–Kier alpha value is -2.64. The predicted molar refractivity (Wildman–Crippen MR) is 123 cm³/mol.